The minimum absolute atomic E-state index is 0.150. The van der Waals surface area contributed by atoms with Crippen LogP contribution in [0.1, 0.15) is 5.56 Å². The molecule has 0 saturated carbocycles. The van der Waals surface area contributed by atoms with Gasteiger partial charge in [-0.15, -0.1) is 0 Å². The van der Waals surface area contributed by atoms with Crippen molar-refractivity contribution in [3.05, 3.63) is 65.0 Å². The van der Waals surface area contributed by atoms with Gasteiger partial charge in [0.2, 0.25) is 5.95 Å². The number of aryl methyl sites for hydroxylation is 2. The maximum atomic E-state index is 13.2. The molecule has 0 aliphatic carbocycles. The number of nitrogens with one attached hydrogen (secondary N) is 2. The number of alkyl halides is 3. The highest BCUT2D eigenvalue weighted by Crippen LogP contribution is 2.31. The van der Waals surface area contributed by atoms with E-state index in [0.717, 1.165) is 28.0 Å². The fourth-order valence-corrected chi connectivity index (χ4v) is 3.61. The molecule has 0 aromatic carbocycles. The minimum atomic E-state index is -4.60. The first kappa shape index (κ1) is 22.3. The van der Waals surface area contributed by atoms with Crippen molar-refractivity contribution < 1.29 is 17.9 Å². The SMILES string of the molecule is CNc1ccc2c(Oc3cnc4nc(Nc5cc(C(F)(F)F)cn(C)c5=O)n(C)c4c3)cnn2c1. The summed E-state index contributed by atoms with van der Waals surface area (Å²) in [6, 6.07) is 6.20. The van der Waals surface area contributed by atoms with E-state index in [2.05, 4.69) is 25.7 Å². The van der Waals surface area contributed by atoms with Gasteiger partial charge in [-0.3, -0.25) is 4.79 Å². The van der Waals surface area contributed by atoms with Crippen LogP contribution in [0.15, 0.2) is 53.8 Å². The zero-order valence-corrected chi connectivity index (χ0v) is 18.8. The summed E-state index contributed by atoms with van der Waals surface area (Å²) in [5.41, 5.74) is 0.663. The normalized spacial score (nSPS) is 11.8. The summed E-state index contributed by atoms with van der Waals surface area (Å²) in [6.07, 6.45) is 1.02. The lowest BCUT2D eigenvalue weighted by Gasteiger charge is -2.12. The molecule has 0 fully saturated rings. The summed E-state index contributed by atoms with van der Waals surface area (Å²) in [5, 5.41) is 10.0. The molecule has 35 heavy (non-hydrogen) atoms. The molecule has 5 rings (SSSR count). The van der Waals surface area contributed by atoms with Gasteiger partial charge in [0.1, 0.15) is 17.0 Å². The molecule has 5 aromatic heterocycles. The molecular formula is C22H19F3N8O2. The van der Waals surface area contributed by atoms with Crippen LogP contribution in [0.25, 0.3) is 16.7 Å². The Labute approximate surface area is 195 Å². The summed E-state index contributed by atoms with van der Waals surface area (Å²) < 4.78 is 49.7. The number of hydrogen-bond donors (Lipinski definition) is 2. The molecule has 0 atom stereocenters. The molecule has 13 heteroatoms. The molecule has 10 nitrogen and oxygen atoms in total. The average Bonchev–Trinajstić information content (AvgIpc) is 3.36. The molecule has 0 amide bonds. The first-order valence-electron chi connectivity index (χ1n) is 10.3. The molecule has 180 valence electrons. The van der Waals surface area contributed by atoms with Gasteiger partial charge in [-0.05, 0) is 18.2 Å². The zero-order chi connectivity index (χ0) is 24.9. The molecular weight excluding hydrogens is 465 g/mol. The Hall–Kier alpha value is -4.55. The third kappa shape index (κ3) is 4.00. The molecule has 2 N–H and O–H groups in total. The van der Waals surface area contributed by atoms with Crippen LogP contribution in [0.2, 0.25) is 0 Å². The number of aromatic nitrogens is 6. The highest BCUT2D eigenvalue weighted by Gasteiger charge is 2.32. The van der Waals surface area contributed by atoms with Gasteiger partial charge in [0.05, 0.1) is 35.4 Å². The van der Waals surface area contributed by atoms with Gasteiger partial charge in [-0.2, -0.15) is 23.3 Å². The van der Waals surface area contributed by atoms with Crippen LogP contribution in [-0.2, 0) is 20.3 Å². The largest absolute Gasteiger partial charge is 0.452 e. The maximum absolute atomic E-state index is 13.2. The van der Waals surface area contributed by atoms with Crippen molar-refractivity contribution in [3.8, 4) is 11.5 Å². The molecule has 0 bridgehead atoms. The quantitative estimate of drug-likeness (QED) is 0.390. The third-order valence-corrected chi connectivity index (χ3v) is 5.47. The second-order valence-corrected chi connectivity index (χ2v) is 7.80. The highest BCUT2D eigenvalue weighted by molar-refractivity contribution is 5.77. The van der Waals surface area contributed by atoms with E-state index in [1.165, 1.54) is 13.2 Å². The van der Waals surface area contributed by atoms with Crippen molar-refractivity contribution in [1.29, 1.82) is 0 Å². The second kappa shape index (κ2) is 8.04. The summed E-state index contributed by atoms with van der Waals surface area (Å²) >= 11 is 0. The summed E-state index contributed by atoms with van der Waals surface area (Å²) in [6.45, 7) is 0. The summed E-state index contributed by atoms with van der Waals surface area (Å²) in [4.78, 5) is 21.0. The van der Waals surface area contributed by atoms with Gasteiger partial charge in [-0.1, -0.05) is 0 Å². The van der Waals surface area contributed by atoms with Crippen LogP contribution in [0.5, 0.6) is 11.5 Å². The van der Waals surface area contributed by atoms with Crippen LogP contribution in [0.4, 0.5) is 30.5 Å². The second-order valence-electron chi connectivity index (χ2n) is 7.80. The van der Waals surface area contributed by atoms with Crippen LogP contribution >= 0.6 is 0 Å². The van der Waals surface area contributed by atoms with Gasteiger partial charge in [0.15, 0.2) is 11.4 Å². The minimum Gasteiger partial charge on any atom is -0.452 e. The van der Waals surface area contributed by atoms with Gasteiger partial charge >= 0.3 is 6.18 Å². The molecule has 5 aromatic rings. The maximum Gasteiger partial charge on any atom is 0.417 e. The number of ether oxygens (including phenoxy) is 1. The number of fused-ring (bicyclic) bond motifs is 2. The Balaban J connectivity index is 1.47. The fraction of sp³-hybridized carbons (Fsp3) is 0.182. The van der Waals surface area contributed by atoms with E-state index in [9.17, 15) is 18.0 Å². The number of halogens is 3. The lowest BCUT2D eigenvalue weighted by atomic mass is 10.2. The van der Waals surface area contributed by atoms with Crippen molar-refractivity contribution in [2.45, 2.75) is 6.18 Å². The first-order valence-corrected chi connectivity index (χ1v) is 10.3. The zero-order valence-electron chi connectivity index (χ0n) is 18.8. The van der Waals surface area contributed by atoms with Crippen molar-refractivity contribution in [1.82, 2.24) is 28.7 Å². The van der Waals surface area contributed by atoms with E-state index in [4.69, 9.17) is 4.74 Å². The Kier molecular flexibility index (Phi) is 5.11. The van der Waals surface area contributed by atoms with E-state index in [-0.39, 0.29) is 11.6 Å². The van der Waals surface area contributed by atoms with Crippen LogP contribution < -0.4 is 20.9 Å². The van der Waals surface area contributed by atoms with Gasteiger partial charge in [-0.25, -0.2) is 9.50 Å². The fourth-order valence-electron chi connectivity index (χ4n) is 3.61. The number of rotatable bonds is 5. The Bertz CT molecular complexity index is 1630. The first-order chi connectivity index (χ1) is 16.6. The number of pyridine rings is 3. The van der Waals surface area contributed by atoms with Gasteiger partial charge < -0.3 is 24.5 Å². The monoisotopic (exact) mass is 484 g/mol. The van der Waals surface area contributed by atoms with Crippen molar-refractivity contribution in [2.24, 2.45) is 14.1 Å². The molecule has 5 heterocycles. The van der Waals surface area contributed by atoms with Crippen molar-refractivity contribution in [3.63, 3.8) is 0 Å². The van der Waals surface area contributed by atoms with E-state index in [1.807, 2.05) is 25.4 Å². The predicted octanol–water partition coefficient (Wildman–Crippen LogP) is 3.91. The van der Waals surface area contributed by atoms with Gasteiger partial charge in [0, 0.05) is 33.4 Å². The molecule has 0 aliphatic heterocycles. The number of hydrogen-bond acceptors (Lipinski definition) is 7. The highest BCUT2D eigenvalue weighted by atomic mass is 19.4. The third-order valence-electron chi connectivity index (χ3n) is 5.47. The Morgan fingerprint density at radius 3 is 2.60 bits per heavy atom. The van der Waals surface area contributed by atoms with E-state index >= 15 is 0 Å². The van der Waals surface area contributed by atoms with Crippen molar-refractivity contribution >= 4 is 34.0 Å². The van der Waals surface area contributed by atoms with Crippen LogP contribution in [0.3, 0.4) is 0 Å². The molecule has 0 spiro atoms. The predicted molar refractivity (Wildman–Crippen MR) is 123 cm³/mol. The van der Waals surface area contributed by atoms with E-state index in [0.29, 0.717) is 22.7 Å². The number of anilines is 3. The lowest BCUT2D eigenvalue weighted by molar-refractivity contribution is -0.138. The number of imidazole rings is 1. The molecule has 0 unspecified atom stereocenters. The van der Waals surface area contributed by atoms with Crippen LogP contribution in [0, 0.1) is 0 Å². The molecule has 0 radical (unpaired) electrons. The lowest BCUT2D eigenvalue weighted by Crippen LogP contribution is -2.23. The number of nitrogens with zero attached hydrogens (tertiary/aromatic N) is 6. The molecule has 0 saturated heterocycles. The van der Waals surface area contributed by atoms with Gasteiger partial charge in [0.25, 0.3) is 5.56 Å². The molecule has 0 aliphatic rings. The van der Waals surface area contributed by atoms with E-state index in [1.54, 1.807) is 28.4 Å². The van der Waals surface area contributed by atoms with Crippen molar-refractivity contribution in [2.75, 3.05) is 17.7 Å². The Morgan fingerprint density at radius 1 is 1.06 bits per heavy atom. The topological polar surface area (TPSA) is 103 Å². The van der Waals surface area contributed by atoms with Crippen LogP contribution in [-0.4, -0.2) is 35.8 Å². The summed E-state index contributed by atoms with van der Waals surface area (Å²) in [7, 11) is 4.71. The average molecular weight is 484 g/mol. The summed E-state index contributed by atoms with van der Waals surface area (Å²) in [5.74, 6) is 1.08. The Morgan fingerprint density at radius 2 is 1.86 bits per heavy atom. The standard InChI is InChI=1S/C22H19F3N8O2/c1-26-13-4-5-16-18(9-28-33(16)11-13)35-14-7-17-19(27-8-14)30-21(32(17)3)29-15-6-12(22(23,24)25)10-31(2)20(15)34/h4-11,26H,1-3H3,(H,27,29,30). The smallest absolute Gasteiger partial charge is 0.417 e. The van der Waals surface area contributed by atoms with E-state index < -0.39 is 17.3 Å².